The first-order chi connectivity index (χ1) is 15.0. The average molecular weight is 457 g/mol. The van der Waals surface area contributed by atoms with Gasteiger partial charge in [-0.2, -0.15) is 8.42 Å². The summed E-state index contributed by atoms with van der Waals surface area (Å²) in [5.74, 6) is 0.431. The van der Waals surface area contributed by atoms with Crippen molar-refractivity contribution in [3.05, 3.63) is 84.9 Å². The largest absolute Gasteiger partial charge is 0.382 e. The average Bonchev–Trinajstić information content (AvgIpc) is 3.19. The molecule has 4 rings (SSSR count). The number of halogens is 1. The molecule has 4 aromatic rings. The van der Waals surface area contributed by atoms with Gasteiger partial charge in [-0.05, 0) is 48.5 Å². The van der Waals surface area contributed by atoms with Gasteiger partial charge in [-0.3, -0.25) is 9.55 Å². The van der Waals surface area contributed by atoms with Crippen LogP contribution in [-0.4, -0.2) is 39.7 Å². The molecular formula is C21H17FN4O3S2. The van der Waals surface area contributed by atoms with Crippen LogP contribution in [0.4, 0.5) is 4.39 Å². The fraction of sp³-hybridized carbons (Fsp3) is 0.0952. The number of pyridine rings is 1. The number of thioether (sulfide) groups is 1. The number of hydrogen-bond donors (Lipinski definition) is 0. The predicted molar refractivity (Wildman–Crippen MR) is 116 cm³/mol. The minimum absolute atomic E-state index is 0.199. The van der Waals surface area contributed by atoms with Crippen LogP contribution in [0.25, 0.3) is 17.1 Å². The predicted octanol–water partition coefficient (Wildman–Crippen LogP) is 3.97. The van der Waals surface area contributed by atoms with Gasteiger partial charge in [0.1, 0.15) is 11.6 Å². The summed E-state index contributed by atoms with van der Waals surface area (Å²) in [5, 5.41) is 8.96. The van der Waals surface area contributed by atoms with E-state index in [0.29, 0.717) is 16.7 Å². The number of hydrogen-bond acceptors (Lipinski definition) is 7. The number of para-hydroxylation sites is 1. The topological polar surface area (TPSA) is 87.0 Å². The van der Waals surface area contributed by atoms with Gasteiger partial charge in [0.15, 0.2) is 11.0 Å². The Labute approximate surface area is 183 Å². The van der Waals surface area contributed by atoms with Crippen molar-refractivity contribution in [2.45, 2.75) is 5.16 Å². The van der Waals surface area contributed by atoms with Crippen molar-refractivity contribution < 1.29 is 17.0 Å². The Balaban J connectivity index is 1.55. The van der Waals surface area contributed by atoms with Crippen molar-refractivity contribution >= 4 is 21.9 Å². The number of rotatable bonds is 8. The highest BCUT2D eigenvalue weighted by atomic mass is 32.2. The van der Waals surface area contributed by atoms with Crippen molar-refractivity contribution in [2.24, 2.45) is 0 Å². The molecule has 0 aliphatic carbocycles. The first-order valence-electron chi connectivity index (χ1n) is 9.24. The molecule has 2 aromatic carbocycles. The molecule has 2 heterocycles. The van der Waals surface area contributed by atoms with Crippen LogP contribution in [0.15, 0.2) is 84.3 Å². The van der Waals surface area contributed by atoms with Gasteiger partial charge in [0.2, 0.25) is 0 Å². The molecular weight excluding hydrogens is 439 g/mol. The maximum Gasteiger partial charge on any atom is 0.310 e. The van der Waals surface area contributed by atoms with E-state index in [1.54, 1.807) is 71.6 Å². The SMILES string of the molecule is O=S(=O)(CCSc1nnc(-c2ccncc2)n1-c1ccc(F)cc1)Oc1ccccc1. The summed E-state index contributed by atoms with van der Waals surface area (Å²) in [6, 6.07) is 17.8. The van der Waals surface area contributed by atoms with Crippen LogP contribution in [0.5, 0.6) is 5.75 Å². The molecule has 0 aliphatic heterocycles. The maximum absolute atomic E-state index is 13.4. The summed E-state index contributed by atoms with van der Waals surface area (Å²) in [4.78, 5) is 4.01. The molecule has 0 bridgehead atoms. The zero-order valence-electron chi connectivity index (χ0n) is 16.1. The minimum atomic E-state index is -3.77. The molecule has 0 radical (unpaired) electrons. The van der Waals surface area contributed by atoms with Crippen LogP contribution >= 0.6 is 11.8 Å². The first kappa shape index (κ1) is 21.0. The summed E-state index contributed by atoms with van der Waals surface area (Å²) in [6.07, 6.45) is 3.28. The van der Waals surface area contributed by atoms with Gasteiger partial charge in [0.05, 0.1) is 5.75 Å². The summed E-state index contributed by atoms with van der Waals surface area (Å²) >= 11 is 1.22. The molecule has 158 valence electrons. The second-order valence-corrected chi connectivity index (χ2v) is 9.11. The summed E-state index contributed by atoms with van der Waals surface area (Å²) in [6.45, 7) is 0. The molecule has 0 amide bonds. The molecule has 0 fully saturated rings. The molecule has 0 atom stereocenters. The Morgan fingerprint density at radius 2 is 1.65 bits per heavy atom. The number of benzene rings is 2. The van der Waals surface area contributed by atoms with Crippen molar-refractivity contribution in [3.8, 4) is 22.8 Å². The molecule has 0 unspecified atom stereocenters. The highest BCUT2D eigenvalue weighted by Crippen LogP contribution is 2.28. The molecule has 10 heteroatoms. The lowest BCUT2D eigenvalue weighted by Crippen LogP contribution is -2.15. The van der Waals surface area contributed by atoms with Crippen molar-refractivity contribution in [1.82, 2.24) is 19.7 Å². The smallest absolute Gasteiger partial charge is 0.310 e. The first-order valence-corrected chi connectivity index (χ1v) is 11.8. The van der Waals surface area contributed by atoms with E-state index >= 15 is 0 Å². The highest BCUT2D eigenvalue weighted by Gasteiger charge is 2.18. The van der Waals surface area contributed by atoms with Crippen molar-refractivity contribution in [2.75, 3.05) is 11.5 Å². The quantitative estimate of drug-likeness (QED) is 0.293. The Hall–Kier alpha value is -3.24. The lowest BCUT2D eigenvalue weighted by Gasteiger charge is -2.10. The third-order valence-electron chi connectivity index (χ3n) is 4.19. The van der Waals surface area contributed by atoms with E-state index < -0.39 is 10.1 Å². The zero-order chi connectivity index (χ0) is 21.7. The molecule has 0 spiro atoms. The van der Waals surface area contributed by atoms with E-state index in [2.05, 4.69) is 15.2 Å². The van der Waals surface area contributed by atoms with Gasteiger partial charge in [-0.15, -0.1) is 10.2 Å². The second kappa shape index (κ2) is 9.27. The van der Waals surface area contributed by atoms with Crippen LogP contribution in [0.2, 0.25) is 0 Å². The summed E-state index contributed by atoms with van der Waals surface area (Å²) < 4.78 is 44.9. The van der Waals surface area contributed by atoms with Gasteiger partial charge >= 0.3 is 10.1 Å². The Bertz CT molecular complexity index is 1250. The van der Waals surface area contributed by atoms with Gasteiger partial charge in [0.25, 0.3) is 0 Å². The van der Waals surface area contributed by atoms with E-state index in [9.17, 15) is 12.8 Å². The standard InChI is InChI=1S/C21H17FN4O3S2/c22-17-6-8-18(9-7-17)26-20(16-10-12-23-13-11-16)24-25-21(26)30-14-15-31(27,28)29-19-4-2-1-3-5-19/h1-13H,14-15H2. The van der Waals surface area contributed by atoms with Gasteiger partial charge in [-0.1, -0.05) is 30.0 Å². The van der Waals surface area contributed by atoms with Gasteiger partial charge < -0.3 is 4.18 Å². The van der Waals surface area contributed by atoms with Crippen molar-refractivity contribution in [1.29, 1.82) is 0 Å². The molecule has 7 nitrogen and oxygen atoms in total. The lowest BCUT2D eigenvalue weighted by molar-refractivity contribution is 0.488. The van der Waals surface area contributed by atoms with Crippen LogP contribution in [0.1, 0.15) is 0 Å². The van der Waals surface area contributed by atoms with E-state index in [-0.39, 0.29) is 23.1 Å². The zero-order valence-corrected chi connectivity index (χ0v) is 17.8. The van der Waals surface area contributed by atoms with Crippen molar-refractivity contribution in [3.63, 3.8) is 0 Å². The number of nitrogens with zero attached hydrogens (tertiary/aromatic N) is 4. The van der Waals surface area contributed by atoms with E-state index in [1.165, 1.54) is 23.9 Å². The fourth-order valence-electron chi connectivity index (χ4n) is 2.77. The van der Waals surface area contributed by atoms with E-state index in [4.69, 9.17) is 4.18 Å². The highest BCUT2D eigenvalue weighted by molar-refractivity contribution is 8.00. The second-order valence-electron chi connectivity index (χ2n) is 6.36. The fourth-order valence-corrected chi connectivity index (χ4v) is 5.01. The van der Waals surface area contributed by atoms with Crippen LogP contribution in [0, 0.1) is 5.82 Å². The molecule has 2 aromatic heterocycles. The molecule has 0 saturated carbocycles. The monoisotopic (exact) mass is 456 g/mol. The van der Waals surface area contributed by atoms with Gasteiger partial charge in [-0.25, -0.2) is 4.39 Å². The summed E-state index contributed by atoms with van der Waals surface area (Å²) in [5.41, 5.74) is 1.43. The normalized spacial score (nSPS) is 11.4. The molecule has 31 heavy (non-hydrogen) atoms. The van der Waals surface area contributed by atoms with Crippen LogP contribution < -0.4 is 4.18 Å². The molecule has 0 aliphatic rings. The maximum atomic E-state index is 13.4. The van der Waals surface area contributed by atoms with E-state index in [1.807, 2.05) is 0 Å². The minimum Gasteiger partial charge on any atom is -0.382 e. The van der Waals surface area contributed by atoms with Crippen LogP contribution in [-0.2, 0) is 10.1 Å². The lowest BCUT2D eigenvalue weighted by atomic mass is 10.2. The number of aromatic nitrogens is 4. The third kappa shape index (κ3) is 5.28. The van der Waals surface area contributed by atoms with Gasteiger partial charge in [0, 0.05) is 29.4 Å². The van der Waals surface area contributed by atoms with Crippen LogP contribution in [0.3, 0.4) is 0 Å². The Morgan fingerprint density at radius 3 is 2.35 bits per heavy atom. The molecule has 0 saturated heterocycles. The third-order valence-corrected chi connectivity index (χ3v) is 6.53. The summed E-state index contributed by atoms with van der Waals surface area (Å²) in [7, 11) is -3.77. The molecule has 0 N–H and O–H groups in total. The van der Waals surface area contributed by atoms with E-state index in [0.717, 1.165) is 5.56 Å². The Morgan fingerprint density at radius 1 is 0.935 bits per heavy atom. The Kier molecular flexibility index (Phi) is 6.28.